The molecule has 152 valence electrons. The Morgan fingerprint density at radius 3 is 2.55 bits per heavy atom. The van der Waals surface area contributed by atoms with Gasteiger partial charge in [0.25, 0.3) is 0 Å². The van der Waals surface area contributed by atoms with Crippen molar-refractivity contribution in [1.82, 2.24) is 0 Å². The molecular formula is C21H22N2O6. The van der Waals surface area contributed by atoms with Crippen LogP contribution in [-0.2, 0) is 34.0 Å². The number of benzene rings is 1. The number of likely N-dealkylation sites (N-methyl/N-ethyl adjacent to an activating group) is 1. The summed E-state index contributed by atoms with van der Waals surface area (Å²) in [6.45, 7) is 6.62. The molecule has 0 bridgehead atoms. The highest BCUT2D eigenvalue weighted by atomic mass is 16.5. The van der Waals surface area contributed by atoms with Gasteiger partial charge in [-0.1, -0.05) is 30.9 Å². The quantitative estimate of drug-likeness (QED) is 0.594. The van der Waals surface area contributed by atoms with E-state index in [-0.39, 0.29) is 36.0 Å². The second-order valence-corrected chi connectivity index (χ2v) is 6.51. The summed E-state index contributed by atoms with van der Waals surface area (Å²) in [5.41, 5.74) is 4.84. The van der Waals surface area contributed by atoms with Crippen LogP contribution in [0.2, 0.25) is 0 Å². The van der Waals surface area contributed by atoms with Gasteiger partial charge in [0.2, 0.25) is 11.8 Å². The van der Waals surface area contributed by atoms with Crippen LogP contribution in [0.4, 0.5) is 5.69 Å². The second-order valence-electron chi connectivity index (χ2n) is 6.51. The van der Waals surface area contributed by atoms with Crippen LogP contribution in [0, 0.1) is 0 Å². The van der Waals surface area contributed by atoms with E-state index in [1.165, 1.54) is 17.9 Å². The third-order valence-electron chi connectivity index (χ3n) is 4.92. The highest BCUT2D eigenvalue weighted by molar-refractivity contribution is 6.22. The molecule has 2 heterocycles. The van der Waals surface area contributed by atoms with Crippen molar-refractivity contribution in [2.75, 3.05) is 25.2 Å². The molecule has 0 aliphatic carbocycles. The fourth-order valence-corrected chi connectivity index (χ4v) is 3.84. The Kier molecular flexibility index (Phi) is 5.19. The van der Waals surface area contributed by atoms with E-state index >= 15 is 0 Å². The summed E-state index contributed by atoms with van der Waals surface area (Å²) in [6.07, 6.45) is 1.40. The average molecular weight is 398 g/mol. The fourth-order valence-electron chi connectivity index (χ4n) is 3.84. The van der Waals surface area contributed by atoms with Gasteiger partial charge in [-0.15, -0.1) is 0 Å². The molecule has 8 heteroatoms. The van der Waals surface area contributed by atoms with Crippen molar-refractivity contribution in [3.8, 4) is 0 Å². The number of carbonyl (C=O) groups is 3. The summed E-state index contributed by atoms with van der Waals surface area (Å²) in [4.78, 5) is 41.0. The van der Waals surface area contributed by atoms with Crippen molar-refractivity contribution in [2.24, 2.45) is 5.73 Å². The van der Waals surface area contributed by atoms with Gasteiger partial charge < -0.3 is 24.8 Å². The zero-order chi connectivity index (χ0) is 21.3. The minimum absolute atomic E-state index is 0.0519. The third kappa shape index (κ3) is 2.79. The molecule has 2 aliphatic heterocycles. The summed E-state index contributed by atoms with van der Waals surface area (Å²) >= 11 is 0. The number of allylic oxidation sites excluding steroid dienone is 1. The molecule has 0 saturated carbocycles. The maximum atomic E-state index is 13.6. The Labute approximate surface area is 168 Å². The highest BCUT2D eigenvalue weighted by Gasteiger charge is 2.63. The van der Waals surface area contributed by atoms with Crippen molar-refractivity contribution in [3.63, 3.8) is 0 Å². The summed E-state index contributed by atoms with van der Waals surface area (Å²) in [5, 5.41) is 0. The number of nitrogens with zero attached hydrogens (tertiary/aromatic N) is 1. The summed E-state index contributed by atoms with van der Waals surface area (Å²) < 4.78 is 15.9. The molecule has 3 rings (SSSR count). The molecule has 1 aromatic carbocycles. The number of carbonyl (C=O) groups excluding carboxylic acids is 3. The van der Waals surface area contributed by atoms with Crippen molar-refractivity contribution in [2.45, 2.75) is 19.3 Å². The van der Waals surface area contributed by atoms with E-state index in [0.29, 0.717) is 11.3 Å². The number of ether oxygens (including phenoxy) is 3. The van der Waals surface area contributed by atoms with Crippen LogP contribution in [-0.4, -0.2) is 38.1 Å². The first-order valence-corrected chi connectivity index (χ1v) is 9.04. The number of esters is 2. The van der Waals surface area contributed by atoms with Crippen LogP contribution >= 0.6 is 0 Å². The summed E-state index contributed by atoms with van der Waals surface area (Å²) in [6, 6.07) is 6.86. The Bertz CT molecular complexity index is 977. The van der Waals surface area contributed by atoms with E-state index in [2.05, 4.69) is 6.58 Å². The lowest BCUT2D eigenvalue weighted by Gasteiger charge is -2.35. The second kappa shape index (κ2) is 7.46. The molecule has 2 aliphatic rings. The van der Waals surface area contributed by atoms with E-state index in [1.807, 2.05) is 0 Å². The van der Waals surface area contributed by atoms with Crippen LogP contribution in [0.5, 0.6) is 0 Å². The molecule has 0 radical (unpaired) electrons. The number of fused-ring (bicyclic) bond motifs is 2. The van der Waals surface area contributed by atoms with Gasteiger partial charge in [-0.3, -0.25) is 4.79 Å². The smallest absolute Gasteiger partial charge is 0.341 e. The monoisotopic (exact) mass is 398 g/mol. The maximum Gasteiger partial charge on any atom is 0.341 e. The van der Waals surface area contributed by atoms with Gasteiger partial charge in [-0.25, -0.2) is 9.59 Å². The first kappa shape index (κ1) is 20.2. The molecule has 1 atom stereocenters. The molecule has 0 saturated heterocycles. The average Bonchev–Trinajstić information content (AvgIpc) is 2.89. The first-order chi connectivity index (χ1) is 13.8. The number of para-hydroxylation sites is 1. The summed E-state index contributed by atoms with van der Waals surface area (Å²) in [7, 11) is 1.56. The van der Waals surface area contributed by atoms with E-state index in [0.717, 1.165) is 0 Å². The van der Waals surface area contributed by atoms with Crippen molar-refractivity contribution >= 4 is 23.5 Å². The van der Waals surface area contributed by atoms with Gasteiger partial charge in [0.1, 0.15) is 28.9 Å². The largest absolute Gasteiger partial charge is 0.462 e. The van der Waals surface area contributed by atoms with Crippen LogP contribution in [0.1, 0.15) is 19.4 Å². The maximum absolute atomic E-state index is 13.6. The van der Waals surface area contributed by atoms with Crippen molar-refractivity contribution in [1.29, 1.82) is 0 Å². The van der Waals surface area contributed by atoms with Crippen LogP contribution in [0.25, 0.3) is 0 Å². The van der Waals surface area contributed by atoms with Crippen molar-refractivity contribution in [3.05, 3.63) is 65.3 Å². The van der Waals surface area contributed by atoms with Crippen LogP contribution in [0.3, 0.4) is 0 Å². The fraction of sp³-hybridized carbons (Fsp3) is 0.286. The van der Waals surface area contributed by atoms with Gasteiger partial charge >= 0.3 is 11.9 Å². The van der Waals surface area contributed by atoms with E-state index in [1.54, 1.807) is 38.2 Å². The van der Waals surface area contributed by atoms with E-state index in [4.69, 9.17) is 19.9 Å². The molecule has 2 N–H and O–H groups in total. The van der Waals surface area contributed by atoms with Crippen molar-refractivity contribution < 1.29 is 28.6 Å². The molecule has 1 unspecified atom stereocenters. The Morgan fingerprint density at radius 2 is 1.90 bits per heavy atom. The Balaban J connectivity index is 2.38. The lowest BCUT2D eigenvalue weighted by molar-refractivity contribution is -0.143. The highest BCUT2D eigenvalue weighted by Crippen LogP contribution is 2.54. The van der Waals surface area contributed by atoms with Gasteiger partial charge in [-0.05, 0) is 19.9 Å². The number of hydrogen-bond acceptors (Lipinski definition) is 7. The predicted molar refractivity (Wildman–Crippen MR) is 104 cm³/mol. The SMILES string of the molecule is C=CCOC(=O)C1=C(C)OC(N)=C(C(=O)OCC)C12C(=O)N(C)c1ccccc12. The number of rotatable bonds is 5. The van der Waals surface area contributed by atoms with E-state index in [9.17, 15) is 14.4 Å². The Hall–Kier alpha value is -3.55. The lowest BCUT2D eigenvalue weighted by atomic mass is 9.67. The van der Waals surface area contributed by atoms with Gasteiger partial charge in [0.05, 0.1) is 6.61 Å². The Morgan fingerprint density at radius 1 is 1.24 bits per heavy atom. The molecule has 1 spiro atoms. The van der Waals surface area contributed by atoms with Gasteiger partial charge in [0, 0.05) is 18.3 Å². The van der Waals surface area contributed by atoms with E-state index < -0.39 is 23.3 Å². The molecule has 0 aromatic heterocycles. The van der Waals surface area contributed by atoms with Gasteiger partial charge in [0.15, 0.2) is 0 Å². The normalized spacial score (nSPS) is 20.5. The standard InChI is InChI=1S/C21H22N2O6/c1-5-11-28-18(24)15-12(3)29-17(22)16(19(25)27-6-2)21(15)13-9-7-8-10-14(13)23(4)20(21)26/h5,7-10H,1,6,11,22H2,2-4H3. The lowest BCUT2D eigenvalue weighted by Crippen LogP contribution is -2.50. The first-order valence-electron chi connectivity index (χ1n) is 9.04. The van der Waals surface area contributed by atoms with Crippen LogP contribution in [0.15, 0.2) is 59.7 Å². The zero-order valence-corrected chi connectivity index (χ0v) is 16.5. The number of hydrogen-bond donors (Lipinski definition) is 1. The number of nitrogens with two attached hydrogens (primary N) is 1. The molecule has 29 heavy (non-hydrogen) atoms. The predicted octanol–water partition coefficient (Wildman–Crippen LogP) is 1.67. The van der Waals surface area contributed by atoms with Gasteiger partial charge in [-0.2, -0.15) is 0 Å². The zero-order valence-electron chi connectivity index (χ0n) is 16.5. The molecule has 1 amide bonds. The molecule has 8 nitrogen and oxygen atoms in total. The third-order valence-corrected chi connectivity index (χ3v) is 4.92. The minimum atomic E-state index is -1.83. The molecule has 0 fully saturated rings. The summed E-state index contributed by atoms with van der Waals surface area (Å²) in [5.74, 6) is -2.40. The molecular weight excluding hydrogens is 376 g/mol. The number of amides is 1. The number of anilines is 1. The topological polar surface area (TPSA) is 108 Å². The van der Waals surface area contributed by atoms with Crippen LogP contribution < -0.4 is 10.6 Å². The minimum Gasteiger partial charge on any atom is -0.462 e. The molecule has 1 aromatic rings.